The van der Waals surface area contributed by atoms with Crippen LogP contribution in [0.5, 0.6) is 5.88 Å². The van der Waals surface area contributed by atoms with E-state index in [1.54, 1.807) is 29.7 Å². The molecule has 0 aromatic carbocycles. The fourth-order valence-electron chi connectivity index (χ4n) is 2.87. The molecule has 5 nitrogen and oxygen atoms in total. The van der Waals surface area contributed by atoms with Gasteiger partial charge in [-0.25, -0.2) is 4.98 Å². The van der Waals surface area contributed by atoms with E-state index < -0.39 is 0 Å². The van der Waals surface area contributed by atoms with Crippen molar-refractivity contribution in [3.63, 3.8) is 0 Å². The molecule has 2 aromatic heterocycles. The highest BCUT2D eigenvalue weighted by Crippen LogP contribution is 2.31. The predicted octanol–water partition coefficient (Wildman–Crippen LogP) is 3.12. The maximum absolute atomic E-state index is 13.0. The largest absolute Gasteiger partial charge is 0.472 e. The molecular formula is C18H20N2O3S. The number of thiophene rings is 1. The van der Waals surface area contributed by atoms with Gasteiger partial charge in [0.05, 0.1) is 19.8 Å². The van der Waals surface area contributed by atoms with Crippen molar-refractivity contribution >= 4 is 17.2 Å². The third kappa shape index (κ3) is 3.60. The zero-order valence-electron chi connectivity index (χ0n) is 13.4. The summed E-state index contributed by atoms with van der Waals surface area (Å²) in [4.78, 5) is 20.4. The Morgan fingerprint density at radius 3 is 3.00 bits per heavy atom. The maximum Gasteiger partial charge on any atom is 0.254 e. The predicted molar refractivity (Wildman–Crippen MR) is 91.3 cm³/mol. The molecule has 0 N–H and O–H groups in total. The van der Waals surface area contributed by atoms with E-state index in [-0.39, 0.29) is 12.0 Å². The first-order chi connectivity index (χ1) is 11.8. The van der Waals surface area contributed by atoms with Crippen LogP contribution in [-0.4, -0.2) is 41.2 Å². The first-order valence-electron chi connectivity index (χ1n) is 8.33. The van der Waals surface area contributed by atoms with E-state index in [1.807, 2.05) is 16.3 Å². The quantitative estimate of drug-likeness (QED) is 0.808. The van der Waals surface area contributed by atoms with Crippen molar-refractivity contribution in [2.45, 2.75) is 38.0 Å². The lowest BCUT2D eigenvalue weighted by molar-refractivity contribution is 0.0730. The Bertz CT molecular complexity index is 694. The van der Waals surface area contributed by atoms with Crippen LogP contribution in [0.15, 0.2) is 35.8 Å². The molecule has 1 aliphatic heterocycles. The second-order valence-electron chi connectivity index (χ2n) is 6.23. The van der Waals surface area contributed by atoms with Gasteiger partial charge in [0.1, 0.15) is 6.10 Å². The first kappa shape index (κ1) is 15.6. The lowest BCUT2D eigenvalue weighted by Gasteiger charge is -2.22. The number of aromatic nitrogens is 1. The molecule has 6 heteroatoms. The Morgan fingerprint density at radius 2 is 2.29 bits per heavy atom. The molecule has 24 heavy (non-hydrogen) atoms. The second-order valence-corrected chi connectivity index (χ2v) is 7.26. The zero-order valence-corrected chi connectivity index (χ0v) is 14.2. The van der Waals surface area contributed by atoms with Crippen LogP contribution in [0.3, 0.4) is 0 Å². The van der Waals surface area contributed by atoms with Gasteiger partial charge in [0.2, 0.25) is 5.88 Å². The van der Waals surface area contributed by atoms with E-state index in [2.05, 4.69) is 11.1 Å². The van der Waals surface area contributed by atoms with Crippen molar-refractivity contribution in [1.29, 1.82) is 0 Å². The van der Waals surface area contributed by atoms with Crippen LogP contribution < -0.4 is 4.74 Å². The molecule has 1 amide bonds. The number of rotatable bonds is 6. The van der Waals surface area contributed by atoms with E-state index >= 15 is 0 Å². The summed E-state index contributed by atoms with van der Waals surface area (Å²) in [7, 11) is 0. The third-order valence-corrected chi connectivity index (χ3v) is 5.17. The van der Waals surface area contributed by atoms with Crippen molar-refractivity contribution in [3.8, 4) is 5.88 Å². The second kappa shape index (κ2) is 6.91. The van der Waals surface area contributed by atoms with Crippen molar-refractivity contribution in [2.24, 2.45) is 0 Å². The average Bonchev–Trinajstić information content (AvgIpc) is 3.08. The topological polar surface area (TPSA) is 51.7 Å². The number of hydrogen-bond donors (Lipinski definition) is 0. The molecule has 0 bridgehead atoms. The molecule has 1 saturated carbocycles. The van der Waals surface area contributed by atoms with Crippen LogP contribution in [-0.2, 0) is 11.3 Å². The molecule has 4 rings (SSSR count). The first-order valence-corrected chi connectivity index (χ1v) is 9.21. The SMILES string of the molecule is O=C(c1ccnc(OC2CCOC2)c1)N(Cc1cccs1)C1CC1. The number of hydrogen-bond acceptors (Lipinski definition) is 5. The Hall–Kier alpha value is -1.92. The Labute approximate surface area is 145 Å². The standard InChI is InChI=1S/C18H20N2O3S/c21-18(20(14-3-4-14)11-16-2-1-9-24-16)13-5-7-19-17(10-13)23-15-6-8-22-12-15/h1-2,5,7,9-10,14-15H,3-4,6,8,11-12H2. The van der Waals surface area contributed by atoms with E-state index in [0.29, 0.717) is 30.6 Å². The fourth-order valence-corrected chi connectivity index (χ4v) is 3.58. The van der Waals surface area contributed by atoms with E-state index in [1.165, 1.54) is 4.88 Å². The van der Waals surface area contributed by atoms with Gasteiger partial charge in [-0.2, -0.15) is 0 Å². The van der Waals surface area contributed by atoms with Crippen molar-refractivity contribution in [1.82, 2.24) is 9.88 Å². The molecule has 1 saturated heterocycles. The number of nitrogens with zero attached hydrogens (tertiary/aromatic N) is 2. The number of pyridine rings is 1. The highest BCUT2D eigenvalue weighted by molar-refractivity contribution is 7.09. The van der Waals surface area contributed by atoms with Crippen molar-refractivity contribution in [3.05, 3.63) is 46.3 Å². The van der Waals surface area contributed by atoms with Gasteiger partial charge in [0.25, 0.3) is 5.91 Å². The summed E-state index contributed by atoms with van der Waals surface area (Å²) in [5.74, 6) is 0.559. The smallest absolute Gasteiger partial charge is 0.254 e. The number of carbonyl (C=O) groups excluding carboxylic acids is 1. The lowest BCUT2D eigenvalue weighted by atomic mass is 10.2. The van der Waals surface area contributed by atoms with E-state index in [4.69, 9.17) is 9.47 Å². The number of carbonyl (C=O) groups is 1. The van der Waals surface area contributed by atoms with Gasteiger partial charge in [0, 0.05) is 35.2 Å². The molecule has 126 valence electrons. The number of amides is 1. The summed E-state index contributed by atoms with van der Waals surface area (Å²) in [6.45, 7) is 1.99. The van der Waals surface area contributed by atoms with Gasteiger partial charge in [-0.1, -0.05) is 6.07 Å². The molecular weight excluding hydrogens is 324 g/mol. The van der Waals surface area contributed by atoms with Gasteiger partial charge in [0.15, 0.2) is 0 Å². The Morgan fingerprint density at radius 1 is 1.38 bits per heavy atom. The van der Waals surface area contributed by atoms with Crippen LogP contribution in [0.2, 0.25) is 0 Å². The summed E-state index contributed by atoms with van der Waals surface area (Å²) in [5.41, 5.74) is 0.641. The highest BCUT2D eigenvalue weighted by Gasteiger charge is 2.33. The summed E-state index contributed by atoms with van der Waals surface area (Å²) < 4.78 is 11.1. The summed E-state index contributed by atoms with van der Waals surface area (Å²) in [5, 5.41) is 2.05. The minimum absolute atomic E-state index is 0.0357. The average molecular weight is 344 g/mol. The lowest BCUT2D eigenvalue weighted by Crippen LogP contribution is -2.32. The van der Waals surface area contributed by atoms with Crippen LogP contribution >= 0.6 is 11.3 Å². The third-order valence-electron chi connectivity index (χ3n) is 4.31. The molecule has 0 radical (unpaired) electrons. The van der Waals surface area contributed by atoms with E-state index in [0.717, 1.165) is 25.9 Å². The summed E-state index contributed by atoms with van der Waals surface area (Å²) in [6.07, 6.45) is 4.73. The minimum atomic E-state index is 0.0357. The highest BCUT2D eigenvalue weighted by atomic mass is 32.1. The molecule has 2 aliphatic rings. The van der Waals surface area contributed by atoms with Gasteiger partial charge >= 0.3 is 0 Å². The fraction of sp³-hybridized carbons (Fsp3) is 0.444. The molecule has 2 fully saturated rings. The van der Waals surface area contributed by atoms with Crippen LogP contribution in [0, 0.1) is 0 Å². The molecule has 1 atom stereocenters. The minimum Gasteiger partial charge on any atom is -0.472 e. The number of ether oxygens (including phenoxy) is 2. The molecule has 3 heterocycles. The normalized spacial score (nSPS) is 20.1. The van der Waals surface area contributed by atoms with Crippen LogP contribution in [0.25, 0.3) is 0 Å². The maximum atomic E-state index is 13.0. The van der Waals surface area contributed by atoms with Gasteiger partial charge in [-0.15, -0.1) is 11.3 Å². The van der Waals surface area contributed by atoms with Gasteiger partial charge in [-0.3, -0.25) is 4.79 Å². The van der Waals surface area contributed by atoms with Crippen molar-refractivity contribution in [2.75, 3.05) is 13.2 Å². The Kier molecular flexibility index (Phi) is 4.49. The zero-order chi connectivity index (χ0) is 16.4. The molecule has 1 unspecified atom stereocenters. The van der Waals surface area contributed by atoms with Gasteiger partial charge < -0.3 is 14.4 Å². The monoisotopic (exact) mass is 344 g/mol. The van der Waals surface area contributed by atoms with Crippen molar-refractivity contribution < 1.29 is 14.3 Å². The van der Waals surface area contributed by atoms with Gasteiger partial charge in [-0.05, 0) is 30.4 Å². The van der Waals surface area contributed by atoms with Crippen LogP contribution in [0.1, 0.15) is 34.5 Å². The Balaban J connectivity index is 1.49. The summed E-state index contributed by atoms with van der Waals surface area (Å²) in [6, 6.07) is 7.99. The molecule has 0 spiro atoms. The summed E-state index contributed by atoms with van der Waals surface area (Å²) >= 11 is 1.69. The molecule has 1 aliphatic carbocycles. The van der Waals surface area contributed by atoms with Crippen LogP contribution in [0.4, 0.5) is 0 Å². The van der Waals surface area contributed by atoms with E-state index in [9.17, 15) is 4.79 Å². The molecule has 2 aromatic rings.